The lowest BCUT2D eigenvalue weighted by atomic mass is 10.0. The monoisotopic (exact) mass is 324 g/mol. The van der Waals surface area contributed by atoms with E-state index in [1.54, 1.807) is 0 Å². The van der Waals surface area contributed by atoms with Gasteiger partial charge in [-0.25, -0.2) is 0 Å². The van der Waals surface area contributed by atoms with E-state index in [1.165, 1.54) is 6.07 Å². The topological polar surface area (TPSA) is 87.7 Å². The number of furan rings is 1. The van der Waals surface area contributed by atoms with Crippen molar-refractivity contribution in [3.63, 3.8) is 0 Å². The second-order valence-electron chi connectivity index (χ2n) is 4.14. The predicted molar refractivity (Wildman–Crippen MR) is 66.9 cm³/mol. The van der Waals surface area contributed by atoms with Crippen molar-refractivity contribution < 1.29 is 23.6 Å². The van der Waals surface area contributed by atoms with E-state index in [9.17, 15) is 9.36 Å². The van der Waals surface area contributed by atoms with Gasteiger partial charge in [-0.1, -0.05) is 29.8 Å². The largest absolute Gasteiger partial charge is 0.445 e. The molecule has 1 unspecified atom stereocenters. The number of rotatable bonds is 5. The van der Waals surface area contributed by atoms with E-state index < -0.39 is 17.9 Å². The molecule has 0 saturated carbocycles. The van der Waals surface area contributed by atoms with Gasteiger partial charge in [-0.2, -0.15) is 0 Å². The summed E-state index contributed by atoms with van der Waals surface area (Å²) in [5, 5.41) is 0. The zero-order valence-corrected chi connectivity index (χ0v) is 11.9. The molecule has 0 aliphatic rings. The third kappa shape index (κ3) is 4.07. The molecule has 0 amide bonds. The van der Waals surface area contributed by atoms with Crippen LogP contribution < -0.4 is 5.50 Å². The highest BCUT2D eigenvalue weighted by atomic mass is 79.9. The number of halogens is 1. The minimum Gasteiger partial charge on any atom is -0.445 e. The summed E-state index contributed by atoms with van der Waals surface area (Å²) >= 11 is 3.24. The molecule has 1 heterocycles. The molecule has 1 aromatic heterocycles. The van der Waals surface area contributed by atoms with Crippen LogP contribution >= 0.6 is 23.5 Å². The van der Waals surface area contributed by atoms with Crippen molar-refractivity contribution in [3.05, 3.63) is 17.9 Å². The van der Waals surface area contributed by atoms with Gasteiger partial charge in [0.25, 0.3) is 0 Å². The maximum absolute atomic E-state index is 11.8. The second kappa shape index (κ2) is 5.48. The predicted octanol–water partition coefficient (Wildman–Crippen LogP) is 2.07. The van der Waals surface area contributed by atoms with Crippen LogP contribution in [0.4, 0.5) is 0 Å². The normalized spacial score (nSPS) is 14.0. The fourth-order valence-corrected chi connectivity index (χ4v) is 2.75. The highest BCUT2D eigenvalue weighted by molar-refractivity contribution is 9.10. The third-order valence-electron chi connectivity index (χ3n) is 2.08. The molecular formula is C10H14BrO5P. The van der Waals surface area contributed by atoms with Gasteiger partial charge in [0.2, 0.25) is 11.3 Å². The Labute approximate surface area is 107 Å². The van der Waals surface area contributed by atoms with Gasteiger partial charge in [0.1, 0.15) is 0 Å². The summed E-state index contributed by atoms with van der Waals surface area (Å²) in [5.41, 5.74) is -0.481. The first-order valence-corrected chi connectivity index (χ1v) is 7.59. The summed E-state index contributed by atoms with van der Waals surface area (Å²) in [7, 11) is -4.43. The minimum absolute atomic E-state index is 0.0362. The van der Waals surface area contributed by atoms with E-state index in [1.807, 2.05) is 13.8 Å². The highest BCUT2D eigenvalue weighted by Gasteiger charge is 2.26. The zero-order valence-electron chi connectivity index (χ0n) is 9.46. The number of hydrogen-bond acceptors (Lipinski definition) is 3. The summed E-state index contributed by atoms with van der Waals surface area (Å²) < 4.78 is 15.8. The first-order valence-electron chi connectivity index (χ1n) is 5.06. The molecule has 0 saturated heterocycles. The van der Waals surface area contributed by atoms with Crippen LogP contribution in [0.3, 0.4) is 0 Å². The Kier molecular flexibility index (Phi) is 4.72. The highest BCUT2D eigenvalue weighted by Crippen LogP contribution is 2.34. The first-order chi connectivity index (χ1) is 7.71. The molecular weight excluding hydrogens is 311 g/mol. The van der Waals surface area contributed by atoms with E-state index in [0.717, 1.165) is 6.07 Å². The Morgan fingerprint density at radius 3 is 2.47 bits per heavy atom. The Morgan fingerprint density at radius 2 is 2.06 bits per heavy atom. The van der Waals surface area contributed by atoms with Crippen LogP contribution in [0.5, 0.6) is 0 Å². The van der Waals surface area contributed by atoms with E-state index in [2.05, 4.69) is 15.9 Å². The van der Waals surface area contributed by atoms with Crippen LogP contribution in [0.1, 0.15) is 30.8 Å². The van der Waals surface area contributed by atoms with Crippen molar-refractivity contribution in [1.82, 2.24) is 0 Å². The van der Waals surface area contributed by atoms with Crippen LogP contribution in [-0.4, -0.2) is 20.4 Å². The summed E-state index contributed by atoms with van der Waals surface area (Å²) in [6, 6.07) is 2.41. The molecule has 5 nitrogen and oxygen atoms in total. The van der Waals surface area contributed by atoms with Gasteiger partial charge in [0, 0.05) is 0 Å². The minimum atomic E-state index is -4.43. The SMILES string of the molecule is CC(C)CC(Br)C(=O)c1ccc(P(=O)(O)O)o1. The summed E-state index contributed by atoms with van der Waals surface area (Å²) in [6.45, 7) is 3.95. The first kappa shape index (κ1) is 14.6. The van der Waals surface area contributed by atoms with Crippen molar-refractivity contribution in [2.24, 2.45) is 5.92 Å². The van der Waals surface area contributed by atoms with E-state index >= 15 is 0 Å². The molecule has 2 N–H and O–H groups in total. The average Bonchev–Trinajstić information content (AvgIpc) is 2.63. The van der Waals surface area contributed by atoms with Gasteiger partial charge in [0.05, 0.1) is 4.83 Å². The number of ketones is 1. The Hall–Kier alpha value is -0.420. The van der Waals surface area contributed by atoms with Gasteiger partial charge in [-0.3, -0.25) is 9.36 Å². The molecule has 0 spiro atoms. The average molecular weight is 325 g/mol. The molecule has 0 radical (unpaired) electrons. The van der Waals surface area contributed by atoms with Crippen LogP contribution in [0.15, 0.2) is 16.5 Å². The fourth-order valence-electron chi connectivity index (χ4n) is 1.29. The Balaban J connectivity index is 2.84. The van der Waals surface area contributed by atoms with Crippen LogP contribution in [0.2, 0.25) is 0 Å². The summed E-state index contributed by atoms with van der Waals surface area (Å²) in [6.07, 6.45) is 0.630. The van der Waals surface area contributed by atoms with Crippen LogP contribution in [-0.2, 0) is 4.57 Å². The van der Waals surface area contributed by atoms with Gasteiger partial charge in [0.15, 0.2) is 5.76 Å². The quantitative estimate of drug-likeness (QED) is 0.492. The molecule has 1 rings (SSSR count). The Bertz CT molecular complexity index is 447. The van der Waals surface area contributed by atoms with Gasteiger partial charge >= 0.3 is 7.60 Å². The van der Waals surface area contributed by atoms with Crippen molar-refractivity contribution in [3.8, 4) is 0 Å². The fraction of sp³-hybridized carbons (Fsp3) is 0.500. The van der Waals surface area contributed by atoms with E-state index in [-0.39, 0.29) is 11.5 Å². The van der Waals surface area contributed by atoms with E-state index in [0.29, 0.717) is 12.3 Å². The maximum atomic E-state index is 11.8. The lowest BCUT2D eigenvalue weighted by molar-refractivity contribution is 0.0959. The molecule has 96 valence electrons. The smallest absolute Gasteiger partial charge is 0.391 e. The number of Topliss-reactive ketones (excluding diaryl/α,β-unsaturated/α-hetero) is 1. The number of hydrogen-bond donors (Lipinski definition) is 2. The van der Waals surface area contributed by atoms with Crippen molar-refractivity contribution >= 4 is 34.8 Å². The molecule has 0 bridgehead atoms. The molecule has 1 aromatic rings. The van der Waals surface area contributed by atoms with Crippen molar-refractivity contribution in [2.45, 2.75) is 25.1 Å². The summed E-state index contributed by atoms with van der Waals surface area (Å²) in [4.78, 5) is 29.1. The zero-order chi connectivity index (χ0) is 13.2. The molecule has 0 aromatic carbocycles. The lowest BCUT2D eigenvalue weighted by Gasteiger charge is -2.09. The molecule has 7 heteroatoms. The van der Waals surface area contributed by atoms with Gasteiger partial charge in [-0.05, 0) is 24.5 Å². The molecule has 0 aliphatic carbocycles. The standard InChI is InChI=1S/C10H14BrO5P/c1-6(2)5-7(11)10(12)8-3-4-9(16-8)17(13,14)15/h3-4,6-7H,5H2,1-2H3,(H2,13,14,15). The number of carbonyl (C=O) groups is 1. The van der Waals surface area contributed by atoms with Gasteiger partial charge in [-0.15, -0.1) is 0 Å². The van der Waals surface area contributed by atoms with Crippen LogP contribution in [0.25, 0.3) is 0 Å². The third-order valence-corrected chi connectivity index (χ3v) is 3.69. The maximum Gasteiger partial charge on any atom is 0.391 e. The second-order valence-corrected chi connectivity index (χ2v) is 6.78. The number of alkyl halides is 1. The van der Waals surface area contributed by atoms with Crippen LogP contribution in [0, 0.1) is 5.92 Å². The van der Waals surface area contributed by atoms with Crippen molar-refractivity contribution in [2.75, 3.05) is 0 Å². The van der Waals surface area contributed by atoms with Gasteiger partial charge < -0.3 is 14.2 Å². The lowest BCUT2D eigenvalue weighted by Crippen LogP contribution is -2.16. The van der Waals surface area contributed by atoms with E-state index in [4.69, 9.17) is 14.2 Å². The molecule has 0 aliphatic heterocycles. The van der Waals surface area contributed by atoms with Crippen molar-refractivity contribution in [1.29, 1.82) is 0 Å². The Morgan fingerprint density at radius 1 is 1.47 bits per heavy atom. The molecule has 17 heavy (non-hydrogen) atoms. The number of carbonyl (C=O) groups excluding carboxylic acids is 1. The molecule has 0 fully saturated rings. The summed E-state index contributed by atoms with van der Waals surface area (Å²) in [5.74, 6) is -0.0104. The molecule has 1 atom stereocenters.